The standard InChI is InChI=1S/C18H17BrClFN4O3.C4H10/c1-2-25-9-22-17-14(25)8-11(18(27)24-28-6-5-26)16(15(17)21)23-13-4-3-10(19)7-12(13)20;1-4(2)3/h3-4,7-9,23,26H,2,5-6H2,1H3,(H,24,27);4H,1-3H3. The molecule has 2 aromatic carbocycles. The molecule has 0 fully saturated rings. The van der Waals surface area contributed by atoms with Crippen LogP contribution >= 0.6 is 27.5 Å². The molecule has 0 aliphatic heterocycles. The Kier molecular flexibility index (Phi) is 9.89. The second kappa shape index (κ2) is 12.2. The van der Waals surface area contributed by atoms with E-state index >= 15 is 4.39 Å². The maximum absolute atomic E-state index is 15.3. The molecule has 0 atom stereocenters. The van der Waals surface area contributed by atoms with Crippen LogP contribution in [-0.2, 0) is 11.4 Å². The number of anilines is 2. The molecule has 3 rings (SSSR count). The fourth-order valence-corrected chi connectivity index (χ4v) is 3.37. The first-order chi connectivity index (χ1) is 15.2. The highest BCUT2D eigenvalue weighted by atomic mass is 79.9. The molecule has 1 amide bonds. The maximum atomic E-state index is 15.3. The van der Waals surface area contributed by atoms with Gasteiger partial charge in [0.25, 0.3) is 5.91 Å². The number of halogens is 3. The van der Waals surface area contributed by atoms with Crippen LogP contribution in [0.1, 0.15) is 38.1 Å². The number of amides is 1. The number of aryl methyl sites for hydroxylation is 1. The number of aromatic nitrogens is 2. The van der Waals surface area contributed by atoms with E-state index in [2.05, 4.69) is 52.5 Å². The molecule has 0 aliphatic rings. The summed E-state index contributed by atoms with van der Waals surface area (Å²) in [5.41, 5.74) is 3.15. The first-order valence-electron chi connectivity index (χ1n) is 10.1. The number of nitrogens with zero attached hydrogens (tertiary/aromatic N) is 2. The Morgan fingerprint density at radius 1 is 1.34 bits per heavy atom. The van der Waals surface area contributed by atoms with Gasteiger partial charge in [0, 0.05) is 11.0 Å². The van der Waals surface area contributed by atoms with Crippen molar-refractivity contribution in [2.75, 3.05) is 18.5 Å². The normalized spacial score (nSPS) is 10.8. The van der Waals surface area contributed by atoms with E-state index in [1.807, 2.05) is 6.92 Å². The molecule has 0 saturated carbocycles. The van der Waals surface area contributed by atoms with E-state index < -0.39 is 11.7 Å². The fourth-order valence-electron chi connectivity index (χ4n) is 2.65. The van der Waals surface area contributed by atoms with Crippen molar-refractivity contribution >= 4 is 55.8 Å². The van der Waals surface area contributed by atoms with Crippen LogP contribution in [0.2, 0.25) is 5.02 Å². The molecule has 0 saturated heterocycles. The Bertz CT molecular complexity index is 1070. The fraction of sp³-hybridized carbons (Fsp3) is 0.364. The minimum atomic E-state index is -0.684. The molecule has 0 bridgehead atoms. The summed E-state index contributed by atoms with van der Waals surface area (Å²) in [6.45, 7) is 8.58. The monoisotopic (exact) mass is 528 g/mol. The lowest BCUT2D eigenvalue weighted by molar-refractivity contribution is 0.0169. The Balaban J connectivity index is 0.000000837. The number of carbonyl (C=O) groups is 1. The van der Waals surface area contributed by atoms with Crippen LogP contribution in [0, 0.1) is 11.7 Å². The van der Waals surface area contributed by atoms with Crippen LogP contribution in [0.15, 0.2) is 35.1 Å². The molecule has 3 N–H and O–H groups in total. The van der Waals surface area contributed by atoms with E-state index in [0.717, 1.165) is 10.4 Å². The van der Waals surface area contributed by atoms with Gasteiger partial charge in [0.1, 0.15) is 5.52 Å². The zero-order chi connectivity index (χ0) is 23.8. The summed E-state index contributed by atoms with van der Waals surface area (Å²) < 4.78 is 17.8. The quantitative estimate of drug-likeness (QED) is 0.271. The Hall–Kier alpha value is -2.20. The number of hydrogen-bond donors (Lipinski definition) is 3. The van der Waals surface area contributed by atoms with E-state index in [4.69, 9.17) is 21.5 Å². The van der Waals surface area contributed by atoms with Crippen molar-refractivity contribution in [2.45, 2.75) is 34.2 Å². The minimum Gasteiger partial charge on any atom is -0.394 e. The van der Waals surface area contributed by atoms with E-state index in [0.29, 0.717) is 22.8 Å². The third-order valence-electron chi connectivity index (χ3n) is 3.99. The number of hydrogen-bond acceptors (Lipinski definition) is 5. The van der Waals surface area contributed by atoms with Gasteiger partial charge in [-0.2, -0.15) is 0 Å². The van der Waals surface area contributed by atoms with Crippen molar-refractivity contribution in [3.63, 3.8) is 0 Å². The molecule has 174 valence electrons. The van der Waals surface area contributed by atoms with Gasteiger partial charge in [0.2, 0.25) is 0 Å². The van der Waals surface area contributed by atoms with Crippen molar-refractivity contribution in [2.24, 2.45) is 5.92 Å². The van der Waals surface area contributed by atoms with Crippen LogP contribution in [0.3, 0.4) is 0 Å². The van der Waals surface area contributed by atoms with Gasteiger partial charge < -0.3 is 15.0 Å². The largest absolute Gasteiger partial charge is 0.394 e. The smallest absolute Gasteiger partial charge is 0.277 e. The Morgan fingerprint density at radius 3 is 2.62 bits per heavy atom. The number of nitrogens with one attached hydrogen (secondary N) is 2. The van der Waals surface area contributed by atoms with Gasteiger partial charge in [-0.1, -0.05) is 48.3 Å². The average Bonchev–Trinajstić information content (AvgIpc) is 3.14. The van der Waals surface area contributed by atoms with Crippen molar-refractivity contribution in [3.05, 3.63) is 51.5 Å². The summed E-state index contributed by atoms with van der Waals surface area (Å²) in [5, 5.41) is 12.0. The second-order valence-corrected chi connectivity index (χ2v) is 8.82. The molecular weight excluding hydrogens is 503 g/mol. The van der Waals surface area contributed by atoms with Crippen LogP contribution < -0.4 is 10.8 Å². The number of imidazole rings is 1. The van der Waals surface area contributed by atoms with Crippen molar-refractivity contribution in [3.8, 4) is 0 Å². The van der Waals surface area contributed by atoms with Crippen LogP contribution in [0.25, 0.3) is 11.0 Å². The van der Waals surface area contributed by atoms with Crippen molar-refractivity contribution in [1.29, 1.82) is 0 Å². The lowest BCUT2D eigenvalue weighted by Gasteiger charge is -2.15. The number of fused-ring (bicyclic) bond motifs is 1. The van der Waals surface area contributed by atoms with E-state index in [-0.39, 0.29) is 30.0 Å². The van der Waals surface area contributed by atoms with Gasteiger partial charge in [-0.3, -0.25) is 9.63 Å². The number of aliphatic hydroxyl groups excluding tert-OH is 1. The number of carbonyl (C=O) groups excluding carboxylic acids is 1. The molecule has 0 unspecified atom stereocenters. The molecule has 3 aromatic rings. The lowest BCUT2D eigenvalue weighted by atomic mass is 10.1. The number of aliphatic hydroxyl groups is 1. The summed E-state index contributed by atoms with van der Waals surface area (Å²) in [6.07, 6.45) is 1.51. The van der Waals surface area contributed by atoms with Gasteiger partial charge in [-0.15, -0.1) is 0 Å². The third-order valence-corrected chi connectivity index (χ3v) is 4.80. The summed E-state index contributed by atoms with van der Waals surface area (Å²) in [7, 11) is 0. The van der Waals surface area contributed by atoms with Crippen LogP contribution in [0.4, 0.5) is 15.8 Å². The highest BCUT2D eigenvalue weighted by molar-refractivity contribution is 9.10. The second-order valence-electron chi connectivity index (χ2n) is 7.50. The lowest BCUT2D eigenvalue weighted by Crippen LogP contribution is -2.26. The molecule has 7 nitrogen and oxygen atoms in total. The number of benzene rings is 2. The first-order valence-corrected chi connectivity index (χ1v) is 11.3. The maximum Gasteiger partial charge on any atom is 0.277 e. The molecule has 32 heavy (non-hydrogen) atoms. The van der Waals surface area contributed by atoms with Gasteiger partial charge in [0.15, 0.2) is 5.82 Å². The van der Waals surface area contributed by atoms with Gasteiger partial charge in [0.05, 0.1) is 47.0 Å². The van der Waals surface area contributed by atoms with E-state index in [9.17, 15) is 4.79 Å². The van der Waals surface area contributed by atoms with Gasteiger partial charge in [-0.25, -0.2) is 14.9 Å². The molecule has 10 heteroatoms. The summed E-state index contributed by atoms with van der Waals surface area (Å²) >= 11 is 9.54. The Morgan fingerprint density at radius 2 is 2.03 bits per heavy atom. The Labute approximate surface area is 200 Å². The predicted molar refractivity (Wildman–Crippen MR) is 129 cm³/mol. The number of rotatable bonds is 7. The zero-order valence-corrected chi connectivity index (χ0v) is 20.7. The summed E-state index contributed by atoms with van der Waals surface area (Å²) in [4.78, 5) is 21.6. The highest BCUT2D eigenvalue weighted by Crippen LogP contribution is 2.34. The average molecular weight is 530 g/mol. The van der Waals surface area contributed by atoms with Crippen molar-refractivity contribution in [1.82, 2.24) is 15.0 Å². The molecule has 1 heterocycles. The van der Waals surface area contributed by atoms with Gasteiger partial charge >= 0.3 is 0 Å². The van der Waals surface area contributed by atoms with Gasteiger partial charge in [-0.05, 0) is 37.1 Å². The van der Waals surface area contributed by atoms with Crippen molar-refractivity contribution < 1.29 is 19.1 Å². The highest BCUT2D eigenvalue weighted by Gasteiger charge is 2.22. The van der Waals surface area contributed by atoms with Crippen LogP contribution in [-0.4, -0.2) is 33.8 Å². The number of hydroxylamine groups is 1. The van der Waals surface area contributed by atoms with E-state index in [1.54, 1.807) is 22.8 Å². The van der Waals surface area contributed by atoms with Crippen LogP contribution in [0.5, 0.6) is 0 Å². The minimum absolute atomic E-state index is 0.0112. The topological polar surface area (TPSA) is 88.4 Å². The van der Waals surface area contributed by atoms with E-state index in [1.165, 1.54) is 12.4 Å². The summed E-state index contributed by atoms with van der Waals surface area (Å²) in [6, 6.07) is 6.57. The zero-order valence-electron chi connectivity index (χ0n) is 18.4. The molecular formula is C22H27BrClFN4O3. The summed E-state index contributed by atoms with van der Waals surface area (Å²) in [5.74, 6) is -0.523. The first kappa shape index (κ1) is 26.1. The molecule has 0 aliphatic carbocycles. The molecule has 0 spiro atoms. The molecule has 0 radical (unpaired) electrons. The SMILES string of the molecule is CC(C)C.CCn1cnc2c(F)c(Nc3ccc(Br)cc3Cl)c(C(=O)NOCCO)cc21. The predicted octanol–water partition coefficient (Wildman–Crippen LogP) is 5.67. The third kappa shape index (κ3) is 6.65. The molecule has 1 aromatic heterocycles.